The number of aryl methyl sites for hydroxylation is 1. The number of oxazole rings is 1. The number of para-hydroxylation sites is 2. The van der Waals surface area contributed by atoms with Gasteiger partial charge in [0.05, 0.1) is 19.8 Å². The van der Waals surface area contributed by atoms with E-state index in [1.807, 2.05) is 49.4 Å². The minimum atomic E-state index is -0.664. The molecule has 4 rings (SSSR count). The summed E-state index contributed by atoms with van der Waals surface area (Å²) in [7, 11) is 2.53. The highest BCUT2D eigenvalue weighted by molar-refractivity contribution is 6.05. The number of nitrogens with zero attached hydrogens (tertiary/aromatic N) is 2. The summed E-state index contributed by atoms with van der Waals surface area (Å²) in [6.07, 6.45) is 6.60. The van der Waals surface area contributed by atoms with E-state index in [1.54, 1.807) is 23.3 Å². The van der Waals surface area contributed by atoms with Crippen LogP contribution in [-0.2, 0) is 19.1 Å². The molecule has 7 heteroatoms. The van der Waals surface area contributed by atoms with Gasteiger partial charge in [0, 0.05) is 17.5 Å². The fourth-order valence-electron chi connectivity index (χ4n) is 3.35. The predicted molar refractivity (Wildman–Crippen MR) is 116 cm³/mol. The van der Waals surface area contributed by atoms with E-state index in [1.165, 1.54) is 20.3 Å². The molecule has 0 radical (unpaired) electrons. The second-order valence-electron chi connectivity index (χ2n) is 6.80. The molecule has 0 fully saturated rings. The molecule has 3 aromatic rings. The lowest BCUT2D eigenvalue weighted by atomic mass is 10.1. The molecular weight excluding hydrogens is 396 g/mol. The van der Waals surface area contributed by atoms with E-state index in [4.69, 9.17) is 13.9 Å². The summed E-state index contributed by atoms with van der Waals surface area (Å²) in [5.74, 6) is -0.850. The number of carbonyl (C=O) groups excluding carboxylic acids is 2. The maximum absolute atomic E-state index is 12.7. The molecule has 0 saturated heterocycles. The van der Waals surface area contributed by atoms with E-state index in [2.05, 4.69) is 4.98 Å². The fraction of sp³-hybridized carbons (Fsp3) is 0.125. The fourth-order valence-corrected chi connectivity index (χ4v) is 3.35. The van der Waals surface area contributed by atoms with E-state index in [0.29, 0.717) is 17.2 Å². The maximum atomic E-state index is 12.7. The lowest BCUT2D eigenvalue weighted by Gasteiger charge is -2.25. The summed E-state index contributed by atoms with van der Waals surface area (Å²) in [5, 5.41) is 0. The summed E-state index contributed by atoms with van der Waals surface area (Å²) in [6, 6.07) is 13.2. The van der Waals surface area contributed by atoms with E-state index >= 15 is 0 Å². The minimum absolute atomic E-state index is 0.0529. The van der Waals surface area contributed by atoms with Crippen LogP contribution in [0.15, 0.2) is 82.6 Å². The van der Waals surface area contributed by atoms with Crippen molar-refractivity contribution in [1.29, 1.82) is 0 Å². The Hall–Kier alpha value is -4.13. The highest BCUT2D eigenvalue weighted by Gasteiger charge is 2.28. The molecular formula is C24H20N2O5. The SMILES string of the molecule is COC(=O)C1=C(C(=O)OC)N(c2cc(-c3nc4ccccc4o3)ccc2C)C=CC=C1. The first-order valence-corrected chi connectivity index (χ1v) is 9.55. The van der Waals surface area contributed by atoms with E-state index in [-0.39, 0.29) is 11.3 Å². The molecule has 1 aromatic heterocycles. The quantitative estimate of drug-likeness (QED) is 0.587. The molecule has 0 atom stereocenters. The molecule has 0 saturated carbocycles. The van der Waals surface area contributed by atoms with Crippen molar-refractivity contribution in [2.24, 2.45) is 0 Å². The van der Waals surface area contributed by atoms with Gasteiger partial charge in [-0.05, 0) is 48.9 Å². The molecule has 0 N–H and O–H groups in total. The number of anilines is 1. The zero-order chi connectivity index (χ0) is 22.0. The molecule has 2 heterocycles. The molecule has 1 aliphatic rings. The van der Waals surface area contributed by atoms with Gasteiger partial charge in [-0.1, -0.05) is 24.3 Å². The lowest BCUT2D eigenvalue weighted by molar-refractivity contribution is -0.139. The number of hydrogen-bond acceptors (Lipinski definition) is 7. The molecule has 0 amide bonds. The van der Waals surface area contributed by atoms with Gasteiger partial charge in [0.15, 0.2) is 5.58 Å². The minimum Gasteiger partial charge on any atom is -0.465 e. The molecule has 0 aliphatic carbocycles. The van der Waals surface area contributed by atoms with Gasteiger partial charge in [0.25, 0.3) is 0 Å². The Kier molecular flexibility index (Phi) is 5.41. The van der Waals surface area contributed by atoms with Gasteiger partial charge in [0.2, 0.25) is 5.89 Å². The number of carbonyl (C=O) groups is 2. The maximum Gasteiger partial charge on any atom is 0.355 e. The molecule has 0 spiro atoms. The van der Waals surface area contributed by atoms with Gasteiger partial charge in [-0.2, -0.15) is 0 Å². The normalized spacial score (nSPS) is 13.5. The van der Waals surface area contributed by atoms with E-state index in [9.17, 15) is 9.59 Å². The monoisotopic (exact) mass is 416 g/mol. The van der Waals surface area contributed by atoms with Crippen molar-refractivity contribution in [2.75, 3.05) is 19.1 Å². The van der Waals surface area contributed by atoms with Crippen LogP contribution in [-0.4, -0.2) is 31.1 Å². The average Bonchev–Trinajstić information content (AvgIpc) is 3.11. The first-order valence-electron chi connectivity index (χ1n) is 9.55. The molecule has 0 unspecified atom stereocenters. The van der Waals surface area contributed by atoms with Crippen molar-refractivity contribution in [3.8, 4) is 11.5 Å². The highest BCUT2D eigenvalue weighted by atomic mass is 16.5. The summed E-state index contributed by atoms with van der Waals surface area (Å²) in [6.45, 7) is 1.91. The topological polar surface area (TPSA) is 81.9 Å². The van der Waals surface area contributed by atoms with Crippen LogP contribution < -0.4 is 4.90 Å². The van der Waals surface area contributed by atoms with Crippen molar-refractivity contribution in [2.45, 2.75) is 6.92 Å². The summed E-state index contributed by atoms with van der Waals surface area (Å²) in [5.41, 5.74) is 3.84. The Morgan fingerprint density at radius 1 is 1.00 bits per heavy atom. The Morgan fingerprint density at radius 3 is 2.52 bits per heavy atom. The third kappa shape index (κ3) is 3.73. The van der Waals surface area contributed by atoms with Crippen molar-refractivity contribution in [3.63, 3.8) is 0 Å². The molecule has 156 valence electrons. The lowest BCUT2D eigenvalue weighted by Crippen LogP contribution is -2.27. The van der Waals surface area contributed by atoms with Crippen molar-refractivity contribution in [3.05, 3.63) is 83.7 Å². The van der Waals surface area contributed by atoms with Gasteiger partial charge in [-0.15, -0.1) is 0 Å². The highest BCUT2D eigenvalue weighted by Crippen LogP contribution is 2.33. The first kappa shape index (κ1) is 20.2. The Labute approximate surface area is 178 Å². The molecule has 2 aromatic carbocycles. The standard InChI is InChI=1S/C24H20N2O5/c1-15-11-12-16(22-25-18-9-4-5-10-20(18)31-22)14-19(15)26-13-7-6-8-17(23(27)29-2)21(26)24(28)30-3/h4-14H,1-3H3. The molecule has 0 bridgehead atoms. The largest absolute Gasteiger partial charge is 0.465 e. The molecule has 1 aliphatic heterocycles. The van der Waals surface area contributed by atoms with Crippen LogP contribution in [0.3, 0.4) is 0 Å². The first-order chi connectivity index (χ1) is 15.0. The number of methoxy groups -OCH3 is 2. The van der Waals surface area contributed by atoms with Gasteiger partial charge >= 0.3 is 11.9 Å². The number of aromatic nitrogens is 1. The van der Waals surface area contributed by atoms with Crippen molar-refractivity contribution >= 4 is 28.7 Å². The molecule has 7 nitrogen and oxygen atoms in total. The van der Waals surface area contributed by atoms with Crippen LogP contribution in [0.25, 0.3) is 22.6 Å². The Bertz CT molecular complexity index is 1230. The van der Waals surface area contributed by atoms with E-state index < -0.39 is 11.9 Å². The zero-order valence-corrected chi connectivity index (χ0v) is 17.3. The number of ether oxygens (including phenoxy) is 2. The number of esters is 2. The predicted octanol–water partition coefficient (Wildman–Crippen LogP) is 4.29. The number of hydrogen-bond donors (Lipinski definition) is 0. The van der Waals surface area contributed by atoms with Crippen molar-refractivity contribution < 1.29 is 23.5 Å². The van der Waals surface area contributed by atoms with Crippen LogP contribution in [0.1, 0.15) is 5.56 Å². The Balaban J connectivity index is 1.88. The zero-order valence-electron chi connectivity index (χ0n) is 17.3. The second-order valence-corrected chi connectivity index (χ2v) is 6.80. The molecule has 31 heavy (non-hydrogen) atoms. The summed E-state index contributed by atoms with van der Waals surface area (Å²) in [4.78, 5) is 31.2. The van der Waals surface area contributed by atoms with Crippen LogP contribution in [0, 0.1) is 6.92 Å². The average molecular weight is 416 g/mol. The second kappa shape index (κ2) is 8.31. The summed E-state index contributed by atoms with van der Waals surface area (Å²) >= 11 is 0. The number of fused-ring (bicyclic) bond motifs is 1. The van der Waals surface area contributed by atoms with Crippen LogP contribution >= 0.6 is 0 Å². The van der Waals surface area contributed by atoms with Gasteiger partial charge < -0.3 is 18.8 Å². The number of benzene rings is 2. The third-order valence-corrected chi connectivity index (χ3v) is 4.90. The third-order valence-electron chi connectivity index (χ3n) is 4.90. The van der Waals surface area contributed by atoms with Crippen molar-refractivity contribution in [1.82, 2.24) is 4.98 Å². The number of allylic oxidation sites excluding steroid dienone is 2. The van der Waals surface area contributed by atoms with Crippen LogP contribution in [0.2, 0.25) is 0 Å². The van der Waals surface area contributed by atoms with Crippen LogP contribution in [0.5, 0.6) is 0 Å². The number of rotatable bonds is 4. The van der Waals surface area contributed by atoms with Crippen LogP contribution in [0.4, 0.5) is 5.69 Å². The van der Waals surface area contributed by atoms with Gasteiger partial charge in [0.1, 0.15) is 11.2 Å². The summed E-state index contributed by atoms with van der Waals surface area (Å²) < 4.78 is 15.7. The van der Waals surface area contributed by atoms with E-state index in [0.717, 1.165) is 16.6 Å². The Morgan fingerprint density at radius 2 is 1.77 bits per heavy atom. The van der Waals surface area contributed by atoms with Gasteiger partial charge in [-0.3, -0.25) is 0 Å². The smallest absolute Gasteiger partial charge is 0.355 e. The van der Waals surface area contributed by atoms with Gasteiger partial charge in [-0.25, -0.2) is 14.6 Å².